The second kappa shape index (κ2) is 10.6. The number of esters is 1. The topological polar surface area (TPSA) is 87.7 Å². The zero-order valence-corrected chi connectivity index (χ0v) is 20.9. The van der Waals surface area contributed by atoms with Crippen LogP contribution in [-0.4, -0.2) is 36.0 Å². The summed E-state index contributed by atoms with van der Waals surface area (Å²) in [6, 6.07) is 15.3. The monoisotopic (exact) mass is 525 g/mol. The molecule has 3 aromatic rings. The number of hydrogen-bond acceptors (Lipinski definition) is 4. The van der Waals surface area contributed by atoms with Crippen molar-refractivity contribution in [3.8, 4) is 11.1 Å². The summed E-state index contributed by atoms with van der Waals surface area (Å²) in [7, 11) is 1.31. The van der Waals surface area contributed by atoms with Gasteiger partial charge in [0.2, 0.25) is 0 Å². The fraction of sp³-hybridized carbons (Fsp3) is 0.250. The number of hydrogen-bond donors (Lipinski definition) is 2. The summed E-state index contributed by atoms with van der Waals surface area (Å²) in [6.07, 6.45) is -4.45. The van der Waals surface area contributed by atoms with E-state index in [0.717, 1.165) is 28.8 Å². The third-order valence-corrected chi connectivity index (χ3v) is 6.30. The Morgan fingerprint density at radius 1 is 0.895 bits per heavy atom. The van der Waals surface area contributed by atoms with Gasteiger partial charge in [-0.15, -0.1) is 0 Å². The minimum Gasteiger partial charge on any atom is -0.467 e. The summed E-state index contributed by atoms with van der Waals surface area (Å²) >= 11 is 0. The van der Waals surface area contributed by atoms with Crippen molar-refractivity contribution in [3.63, 3.8) is 0 Å². The normalized spacial score (nSPS) is 13.8. The lowest BCUT2D eigenvalue weighted by Gasteiger charge is -2.28. The second-order valence-electron chi connectivity index (χ2n) is 9.25. The third-order valence-electron chi connectivity index (χ3n) is 6.30. The Bertz CT molecular complexity index is 1350. The number of nitrogens with one attached hydrogen (secondary N) is 2. The second-order valence-corrected chi connectivity index (χ2v) is 9.25. The first-order valence-corrected chi connectivity index (χ1v) is 11.9. The van der Waals surface area contributed by atoms with E-state index in [0.29, 0.717) is 17.8 Å². The molecule has 1 aliphatic rings. The maximum Gasteiger partial charge on any atom is 0.416 e. The van der Waals surface area contributed by atoms with E-state index >= 15 is 0 Å². The molecule has 2 N–H and O–H groups in total. The quantitative estimate of drug-likeness (QED) is 0.377. The number of benzene rings is 3. The van der Waals surface area contributed by atoms with Crippen molar-refractivity contribution in [2.45, 2.75) is 32.6 Å². The third kappa shape index (κ3) is 5.64. The molecule has 0 saturated carbocycles. The van der Waals surface area contributed by atoms with E-state index in [-0.39, 0.29) is 17.5 Å². The number of ether oxygens (including phenoxy) is 1. The van der Waals surface area contributed by atoms with E-state index in [4.69, 9.17) is 4.74 Å². The lowest BCUT2D eigenvalue weighted by atomic mass is 10.00. The molecule has 0 aromatic heterocycles. The van der Waals surface area contributed by atoms with E-state index < -0.39 is 29.8 Å². The van der Waals surface area contributed by atoms with Crippen LogP contribution >= 0.6 is 0 Å². The molecule has 1 atom stereocenters. The number of anilines is 2. The minimum absolute atomic E-state index is 0.114. The molecular formula is C28H26F3N3O4. The van der Waals surface area contributed by atoms with Crippen molar-refractivity contribution in [2.75, 3.05) is 17.7 Å². The average Bonchev–Trinajstić information content (AvgIpc) is 3.19. The number of nitrogens with zero attached hydrogens (tertiary/aromatic N) is 1. The van der Waals surface area contributed by atoms with E-state index in [2.05, 4.69) is 10.6 Å². The van der Waals surface area contributed by atoms with Gasteiger partial charge < -0.3 is 20.3 Å². The molecular weight excluding hydrogens is 499 g/mol. The number of amides is 3. The van der Waals surface area contributed by atoms with Gasteiger partial charge in [0.15, 0.2) is 0 Å². The molecule has 0 fully saturated rings. The van der Waals surface area contributed by atoms with Gasteiger partial charge in [-0.05, 0) is 65.1 Å². The highest BCUT2D eigenvalue weighted by atomic mass is 19.4. The predicted octanol–water partition coefficient (Wildman–Crippen LogP) is 6.17. The van der Waals surface area contributed by atoms with Gasteiger partial charge in [0, 0.05) is 23.5 Å². The molecule has 3 aromatic carbocycles. The Kier molecular flexibility index (Phi) is 7.43. The number of urea groups is 1. The standard InChI is InChI=1S/C28H26F3N3O4/c1-16(2)24(26(36)38-3)34-15-19-5-4-18(14-23(19)25(34)35)17-6-10-21(11-7-17)32-27(37)33-22-12-8-20(9-13-22)28(29,30)31/h4-14,16,24H,15H2,1-3H3,(H2,32,33,37). The van der Waals surface area contributed by atoms with Crippen LogP contribution in [0.4, 0.5) is 29.3 Å². The van der Waals surface area contributed by atoms with Gasteiger partial charge in [-0.2, -0.15) is 13.2 Å². The van der Waals surface area contributed by atoms with Gasteiger partial charge >= 0.3 is 18.2 Å². The Morgan fingerprint density at radius 2 is 1.45 bits per heavy atom. The molecule has 0 aliphatic carbocycles. The Balaban J connectivity index is 1.43. The summed E-state index contributed by atoms with van der Waals surface area (Å²) in [4.78, 5) is 39.2. The van der Waals surface area contributed by atoms with Crippen molar-refractivity contribution < 1.29 is 32.3 Å². The summed E-state index contributed by atoms with van der Waals surface area (Å²) < 4.78 is 43.0. The lowest BCUT2D eigenvalue weighted by Crippen LogP contribution is -2.45. The van der Waals surface area contributed by atoms with Crippen LogP contribution in [0.1, 0.15) is 35.3 Å². The van der Waals surface area contributed by atoms with Gasteiger partial charge in [-0.25, -0.2) is 9.59 Å². The summed E-state index contributed by atoms with van der Waals surface area (Å²) in [5.41, 5.74) is 2.83. The number of carbonyl (C=O) groups is 3. The fourth-order valence-corrected chi connectivity index (χ4v) is 4.39. The van der Waals surface area contributed by atoms with E-state index in [1.807, 2.05) is 26.0 Å². The van der Waals surface area contributed by atoms with E-state index in [9.17, 15) is 27.6 Å². The number of halogens is 3. The molecule has 1 heterocycles. The first-order chi connectivity index (χ1) is 18.0. The molecule has 0 saturated heterocycles. The van der Waals surface area contributed by atoms with Crippen LogP contribution in [0.25, 0.3) is 11.1 Å². The van der Waals surface area contributed by atoms with Crippen LogP contribution in [0, 0.1) is 5.92 Å². The Morgan fingerprint density at radius 3 is 1.97 bits per heavy atom. The Hall–Kier alpha value is -4.34. The fourth-order valence-electron chi connectivity index (χ4n) is 4.39. The molecule has 0 radical (unpaired) electrons. The van der Waals surface area contributed by atoms with Crippen LogP contribution in [0.5, 0.6) is 0 Å². The van der Waals surface area contributed by atoms with Crippen LogP contribution < -0.4 is 10.6 Å². The summed E-state index contributed by atoms with van der Waals surface area (Å²) in [6.45, 7) is 4.05. The molecule has 0 spiro atoms. The maximum absolute atomic E-state index is 13.1. The highest BCUT2D eigenvalue weighted by Gasteiger charge is 2.38. The zero-order chi connectivity index (χ0) is 27.6. The van der Waals surface area contributed by atoms with Crippen LogP contribution in [0.2, 0.25) is 0 Å². The van der Waals surface area contributed by atoms with Crippen LogP contribution in [0.3, 0.4) is 0 Å². The van der Waals surface area contributed by atoms with Gasteiger partial charge in [0.1, 0.15) is 6.04 Å². The number of rotatable bonds is 6. The van der Waals surface area contributed by atoms with Gasteiger partial charge in [0.25, 0.3) is 5.91 Å². The number of methoxy groups -OCH3 is 1. The molecule has 3 amide bonds. The van der Waals surface area contributed by atoms with Crippen LogP contribution in [0.15, 0.2) is 66.7 Å². The van der Waals surface area contributed by atoms with Gasteiger partial charge in [-0.3, -0.25) is 4.79 Å². The molecule has 38 heavy (non-hydrogen) atoms. The van der Waals surface area contributed by atoms with Crippen LogP contribution in [-0.2, 0) is 22.3 Å². The first kappa shape index (κ1) is 26.7. The first-order valence-electron chi connectivity index (χ1n) is 11.9. The number of fused-ring (bicyclic) bond motifs is 1. The molecule has 4 rings (SSSR count). The molecule has 198 valence electrons. The molecule has 1 aliphatic heterocycles. The van der Waals surface area contributed by atoms with Gasteiger partial charge in [-0.1, -0.05) is 38.1 Å². The smallest absolute Gasteiger partial charge is 0.416 e. The lowest BCUT2D eigenvalue weighted by molar-refractivity contribution is -0.147. The van der Waals surface area contributed by atoms with E-state index in [1.54, 1.807) is 30.3 Å². The highest BCUT2D eigenvalue weighted by molar-refractivity contribution is 6.02. The largest absolute Gasteiger partial charge is 0.467 e. The Labute approximate surface area is 217 Å². The van der Waals surface area contributed by atoms with Crippen molar-refractivity contribution in [2.24, 2.45) is 5.92 Å². The van der Waals surface area contributed by atoms with Crippen molar-refractivity contribution >= 4 is 29.3 Å². The molecule has 1 unspecified atom stereocenters. The maximum atomic E-state index is 13.1. The number of alkyl halides is 3. The highest BCUT2D eigenvalue weighted by Crippen LogP contribution is 2.32. The average molecular weight is 526 g/mol. The number of carbonyl (C=O) groups excluding carboxylic acids is 3. The SMILES string of the molecule is COC(=O)C(C(C)C)N1Cc2ccc(-c3ccc(NC(=O)Nc4ccc(C(F)(F)F)cc4)cc3)cc2C1=O. The van der Waals surface area contributed by atoms with Crippen molar-refractivity contribution in [1.82, 2.24) is 4.90 Å². The molecule has 10 heteroatoms. The molecule has 0 bridgehead atoms. The van der Waals surface area contributed by atoms with Gasteiger partial charge in [0.05, 0.1) is 12.7 Å². The predicted molar refractivity (Wildman–Crippen MR) is 136 cm³/mol. The molecule has 7 nitrogen and oxygen atoms in total. The van der Waals surface area contributed by atoms with E-state index in [1.165, 1.54) is 24.1 Å². The zero-order valence-electron chi connectivity index (χ0n) is 20.9. The van der Waals surface area contributed by atoms with Crippen molar-refractivity contribution in [3.05, 3.63) is 83.4 Å². The minimum atomic E-state index is -4.45. The summed E-state index contributed by atoms with van der Waals surface area (Å²) in [5.74, 6) is -0.798. The van der Waals surface area contributed by atoms with Crippen molar-refractivity contribution in [1.29, 1.82) is 0 Å². The summed E-state index contributed by atoms with van der Waals surface area (Å²) in [5, 5.41) is 5.12.